The third-order valence-electron chi connectivity index (χ3n) is 4.19. The zero-order valence-corrected chi connectivity index (χ0v) is 13.3. The van der Waals surface area contributed by atoms with Crippen molar-refractivity contribution < 1.29 is 9.47 Å². The number of anilines is 1. The maximum absolute atomic E-state index is 6.18. The molecule has 0 spiro atoms. The molecule has 1 fully saturated rings. The highest BCUT2D eigenvalue weighted by Gasteiger charge is 2.18. The van der Waals surface area contributed by atoms with Crippen LogP contribution in [0, 0.1) is 11.8 Å². The lowest BCUT2D eigenvalue weighted by molar-refractivity contribution is 0.300. The molecule has 20 heavy (non-hydrogen) atoms. The fourth-order valence-electron chi connectivity index (χ4n) is 2.79. The van der Waals surface area contributed by atoms with Crippen molar-refractivity contribution in [3.63, 3.8) is 0 Å². The quantitative estimate of drug-likeness (QED) is 0.862. The number of methoxy groups -OCH3 is 2. The summed E-state index contributed by atoms with van der Waals surface area (Å²) in [6.07, 6.45) is 5.29. The van der Waals surface area contributed by atoms with Crippen LogP contribution in [0.1, 0.15) is 32.6 Å². The molecule has 0 saturated heterocycles. The van der Waals surface area contributed by atoms with Crippen LogP contribution in [0.3, 0.4) is 0 Å². The summed E-state index contributed by atoms with van der Waals surface area (Å²) in [6, 6.07) is 3.71. The molecular formula is C16H24ClNO2. The first kappa shape index (κ1) is 15.3. The van der Waals surface area contributed by atoms with Crippen LogP contribution in [-0.4, -0.2) is 20.8 Å². The normalized spacial score (nSPS) is 22.4. The van der Waals surface area contributed by atoms with E-state index in [-0.39, 0.29) is 0 Å². The third-order valence-corrected chi connectivity index (χ3v) is 4.49. The Hall–Kier alpha value is -1.09. The van der Waals surface area contributed by atoms with Gasteiger partial charge in [0, 0.05) is 12.6 Å². The fraction of sp³-hybridized carbons (Fsp3) is 0.625. The van der Waals surface area contributed by atoms with E-state index < -0.39 is 0 Å². The standard InChI is InChI=1S/C16H24ClNO2/c1-11-4-6-12(7-5-11)10-18-14-8-13(17)15(19-2)9-16(14)20-3/h8-9,11-12,18H,4-7,10H2,1-3H3. The van der Waals surface area contributed by atoms with Crippen LogP contribution < -0.4 is 14.8 Å². The van der Waals surface area contributed by atoms with Crippen LogP contribution in [-0.2, 0) is 0 Å². The maximum Gasteiger partial charge on any atom is 0.145 e. The van der Waals surface area contributed by atoms with Gasteiger partial charge >= 0.3 is 0 Å². The lowest BCUT2D eigenvalue weighted by Gasteiger charge is -2.27. The highest BCUT2D eigenvalue weighted by atomic mass is 35.5. The van der Waals surface area contributed by atoms with E-state index in [2.05, 4.69) is 12.2 Å². The van der Waals surface area contributed by atoms with Crippen LogP contribution >= 0.6 is 11.6 Å². The molecule has 3 nitrogen and oxygen atoms in total. The Labute approximate surface area is 126 Å². The molecule has 1 aromatic rings. The molecule has 0 unspecified atom stereocenters. The third kappa shape index (κ3) is 3.72. The predicted molar refractivity (Wildman–Crippen MR) is 84.2 cm³/mol. The second-order valence-electron chi connectivity index (χ2n) is 5.69. The van der Waals surface area contributed by atoms with Crippen molar-refractivity contribution in [2.45, 2.75) is 32.6 Å². The first-order valence-electron chi connectivity index (χ1n) is 7.29. The molecule has 0 amide bonds. The van der Waals surface area contributed by atoms with E-state index in [1.54, 1.807) is 14.2 Å². The Kier molecular flexibility index (Phi) is 5.41. The summed E-state index contributed by atoms with van der Waals surface area (Å²) in [5.41, 5.74) is 0.942. The Balaban J connectivity index is 2.00. The molecule has 1 aliphatic rings. The minimum atomic E-state index is 0.605. The van der Waals surface area contributed by atoms with Crippen molar-refractivity contribution in [2.75, 3.05) is 26.1 Å². The van der Waals surface area contributed by atoms with Crippen molar-refractivity contribution >= 4 is 17.3 Å². The Morgan fingerprint density at radius 2 is 1.75 bits per heavy atom. The molecule has 0 aliphatic heterocycles. The van der Waals surface area contributed by atoms with Gasteiger partial charge in [-0.15, -0.1) is 0 Å². The molecule has 4 heteroatoms. The van der Waals surface area contributed by atoms with Gasteiger partial charge in [0.15, 0.2) is 0 Å². The second kappa shape index (κ2) is 7.07. The van der Waals surface area contributed by atoms with Gasteiger partial charge in [0.2, 0.25) is 0 Å². The summed E-state index contributed by atoms with van der Waals surface area (Å²) in [5.74, 6) is 3.05. The first-order chi connectivity index (χ1) is 9.63. The molecule has 1 saturated carbocycles. The SMILES string of the molecule is COc1cc(OC)c(NCC2CCC(C)CC2)cc1Cl. The van der Waals surface area contributed by atoms with Gasteiger partial charge in [-0.2, -0.15) is 0 Å². The lowest BCUT2D eigenvalue weighted by atomic mass is 9.83. The molecule has 0 radical (unpaired) electrons. The Morgan fingerprint density at radius 3 is 2.35 bits per heavy atom. The minimum absolute atomic E-state index is 0.605. The van der Waals surface area contributed by atoms with Gasteiger partial charge in [-0.25, -0.2) is 0 Å². The predicted octanol–water partition coefficient (Wildman–Crippen LogP) is 4.60. The van der Waals surface area contributed by atoms with Crippen molar-refractivity contribution in [2.24, 2.45) is 11.8 Å². The summed E-state index contributed by atoms with van der Waals surface area (Å²) >= 11 is 6.18. The molecule has 0 bridgehead atoms. The van der Waals surface area contributed by atoms with Gasteiger partial charge in [-0.3, -0.25) is 0 Å². The monoisotopic (exact) mass is 297 g/mol. The molecule has 1 aromatic carbocycles. The van der Waals surface area contributed by atoms with Crippen LogP contribution in [0.25, 0.3) is 0 Å². The van der Waals surface area contributed by atoms with Crippen molar-refractivity contribution in [3.05, 3.63) is 17.2 Å². The number of benzene rings is 1. The molecule has 1 aliphatic carbocycles. The van der Waals surface area contributed by atoms with Gasteiger partial charge in [-0.1, -0.05) is 31.4 Å². The van der Waals surface area contributed by atoms with Crippen molar-refractivity contribution in [1.82, 2.24) is 0 Å². The van der Waals surface area contributed by atoms with Gasteiger partial charge in [0.05, 0.1) is 24.9 Å². The molecule has 0 aromatic heterocycles. The largest absolute Gasteiger partial charge is 0.495 e. The average molecular weight is 298 g/mol. The summed E-state index contributed by atoms with van der Waals surface area (Å²) < 4.78 is 10.6. The zero-order chi connectivity index (χ0) is 14.5. The first-order valence-corrected chi connectivity index (χ1v) is 7.67. The van der Waals surface area contributed by atoms with Gasteiger partial charge in [0.25, 0.3) is 0 Å². The maximum atomic E-state index is 6.18. The number of rotatable bonds is 5. The fourth-order valence-corrected chi connectivity index (χ4v) is 3.03. The molecule has 2 rings (SSSR count). The van der Waals surface area contributed by atoms with Crippen LogP contribution in [0.15, 0.2) is 12.1 Å². The number of nitrogens with one attached hydrogen (secondary N) is 1. The summed E-state index contributed by atoms with van der Waals surface area (Å²) in [6.45, 7) is 3.32. The van der Waals surface area contributed by atoms with E-state index in [1.807, 2.05) is 12.1 Å². The Morgan fingerprint density at radius 1 is 1.10 bits per heavy atom. The highest BCUT2D eigenvalue weighted by Crippen LogP contribution is 2.36. The number of hydrogen-bond donors (Lipinski definition) is 1. The van der Waals surface area contributed by atoms with E-state index in [9.17, 15) is 0 Å². The Bertz CT molecular complexity index is 442. The lowest BCUT2D eigenvalue weighted by Crippen LogP contribution is -2.20. The minimum Gasteiger partial charge on any atom is -0.495 e. The molecular weight excluding hydrogens is 274 g/mol. The molecule has 112 valence electrons. The number of hydrogen-bond acceptors (Lipinski definition) is 3. The summed E-state index contributed by atoms with van der Waals surface area (Å²) in [5, 5.41) is 4.08. The van der Waals surface area contributed by atoms with E-state index in [4.69, 9.17) is 21.1 Å². The molecule has 1 N–H and O–H groups in total. The van der Waals surface area contributed by atoms with Gasteiger partial charge < -0.3 is 14.8 Å². The highest BCUT2D eigenvalue weighted by molar-refractivity contribution is 6.32. The van der Waals surface area contributed by atoms with E-state index >= 15 is 0 Å². The van der Waals surface area contributed by atoms with Crippen LogP contribution in [0.5, 0.6) is 11.5 Å². The summed E-state index contributed by atoms with van der Waals surface area (Å²) in [7, 11) is 3.27. The number of halogens is 1. The molecule has 0 atom stereocenters. The zero-order valence-electron chi connectivity index (χ0n) is 12.5. The average Bonchev–Trinajstić information content (AvgIpc) is 2.46. The summed E-state index contributed by atoms with van der Waals surface area (Å²) in [4.78, 5) is 0. The van der Waals surface area contributed by atoms with E-state index in [0.717, 1.165) is 29.8 Å². The van der Waals surface area contributed by atoms with Gasteiger partial charge in [0.1, 0.15) is 11.5 Å². The van der Waals surface area contributed by atoms with Crippen LogP contribution in [0.4, 0.5) is 5.69 Å². The topological polar surface area (TPSA) is 30.5 Å². The van der Waals surface area contributed by atoms with E-state index in [1.165, 1.54) is 25.7 Å². The van der Waals surface area contributed by atoms with E-state index in [0.29, 0.717) is 10.8 Å². The van der Waals surface area contributed by atoms with Crippen molar-refractivity contribution in [3.8, 4) is 11.5 Å². The van der Waals surface area contributed by atoms with Crippen LogP contribution in [0.2, 0.25) is 5.02 Å². The molecule has 0 heterocycles. The second-order valence-corrected chi connectivity index (χ2v) is 6.10. The van der Waals surface area contributed by atoms with Gasteiger partial charge in [-0.05, 0) is 30.7 Å². The van der Waals surface area contributed by atoms with Crippen molar-refractivity contribution in [1.29, 1.82) is 0 Å². The number of ether oxygens (including phenoxy) is 2. The smallest absolute Gasteiger partial charge is 0.145 e.